The van der Waals surface area contributed by atoms with Gasteiger partial charge in [-0.25, -0.2) is 0 Å². The van der Waals surface area contributed by atoms with Gasteiger partial charge in [-0.3, -0.25) is 0 Å². The Hall–Kier alpha value is 0.595. The molecule has 5 heavy (non-hydrogen) atoms. The summed E-state index contributed by atoms with van der Waals surface area (Å²) >= 11 is 0. The van der Waals surface area contributed by atoms with Crippen LogP contribution in [0, 0.1) is 4.91 Å². The van der Waals surface area contributed by atoms with Crippen molar-refractivity contribution >= 4 is 37.7 Å². The van der Waals surface area contributed by atoms with Crippen LogP contribution in [0.3, 0.4) is 0 Å². The molecule has 0 fully saturated rings. The van der Waals surface area contributed by atoms with Crippen molar-refractivity contribution in [2.45, 2.75) is 0 Å². The zero-order valence-electron chi connectivity index (χ0n) is 1.30. The standard InChI is InChI=1S/2Li.HNO2.2H/c;;2-1-3;;/h;;(H,2,3);;. The zero-order valence-corrected chi connectivity index (χ0v) is 1.30. The number of rotatable bonds is 0. The third-order valence-electron chi connectivity index (χ3n) is 0. The van der Waals surface area contributed by atoms with Gasteiger partial charge in [-0.2, -0.15) is 0 Å². The van der Waals surface area contributed by atoms with E-state index in [1.54, 1.807) is 0 Å². The third-order valence-corrected chi connectivity index (χ3v) is 0. The first kappa shape index (κ1) is 17.5. The maximum atomic E-state index is 8.11. The normalized spacial score (nSPS) is 2.40. The van der Waals surface area contributed by atoms with Gasteiger partial charge in [0.2, 0.25) is 0 Å². The Balaban J connectivity index is -0.0000000200. The average molecular weight is 62.9 g/mol. The van der Waals surface area contributed by atoms with Crippen molar-refractivity contribution in [3.63, 3.8) is 0 Å². The predicted octanol–water partition coefficient (Wildman–Crippen LogP) is -1.16. The average Bonchev–Trinajstić information content (AvgIpc) is 0.918. The molecule has 0 unspecified atom stereocenters. The molecule has 0 atom stereocenters. The molecule has 0 saturated heterocycles. The van der Waals surface area contributed by atoms with Crippen molar-refractivity contribution < 1.29 is 5.21 Å². The van der Waals surface area contributed by atoms with Gasteiger partial charge in [0.25, 0.3) is 0 Å². The molecule has 0 heterocycles. The summed E-state index contributed by atoms with van der Waals surface area (Å²) in [5.74, 6) is 0. The van der Waals surface area contributed by atoms with Crippen molar-refractivity contribution in [2.75, 3.05) is 0 Å². The fraction of sp³-hybridized carbons (Fsp3) is 0. The van der Waals surface area contributed by atoms with Crippen LogP contribution in [-0.2, 0) is 0 Å². The molecule has 5 heteroatoms. The van der Waals surface area contributed by atoms with E-state index in [0.717, 1.165) is 0 Å². The minimum atomic E-state index is 0. The van der Waals surface area contributed by atoms with Gasteiger partial charge in [0, 0.05) is 0 Å². The molecule has 0 spiro atoms. The molecule has 1 N–H and O–H groups in total. The fourth-order valence-corrected chi connectivity index (χ4v) is 0. The van der Waals surface area contributed by atoms with Gasteiger partial charge < -0.3 is 5.21 Å². The Bertz CT molecular complexity index is 15.1. The van der Waals surface area contributed by atoms with Crippen LogP contribution in [-0.4, -0.2) is 42.9 Å². The van der Waals surface area contributed by atoms with Gasteiger partial charge in [-0.15, -0.1) is 4.91 Å². The van der Waals surface area contributed by atoms with Crippen LogP contribution in [0.5, 0.6) is 0 Å². The van der Waals surface area contributed by atoms with Gasteiger partial charge >= 0.3 is 37.7 Å². The molecule has 0 aromatic carbocycles. The van der Waals surface area contributed by atoms with Crippen LogP contribution in [0.2, 0.25) is 0 Å². The summed E-state index contributed by atoms with van der Waals surface area (Å²) in [6, 6.07) is 0. The summed E-state index contributed by atoms with van der Waals surface area (Å²) in [4.78, 5) is 8.11. The Morgan fingerprint density at radius 2 is 1.40 bits per heavy atom. The molecule has 0 saturated carbocycles. The Labute approximate surface area is 53.4 Å². The molecular weight excluding hydrogens is 59.9 g/mol. The van der Waals surface area contributed by atoms with Crippen molar-refractivity contribution in [3.05, 3.63) is 4.91 Å². The minimum absolute atomic E-state index is 0. The molecule has 0 aromatic heterocycles. The van der Waals surface area contributed by atoms with Crippen LogP contribution in [0.25, 0.3) is 0 Å². The molecule has 0 aromatic rings. The van der Waals surface area contributed by atoms with Crippen LogP contribution in [0.15, 0.2) is 5.34 Å². The van der Waals surface area contributed by atoms with Gasteiger partial charge in [-0.1, -0.05) is 0 Å². The van der Waals surface area contributed by atoms with Gasteiger partial charge in [0.15, 0.2) is 5.34 Å². The Morgan fingerprint density at radius 3 is 1.40 bits per heavy atom. The zero-order chi connectivity index (χ0) is 2.71. The Morgan fingerprint density at radius 1 is 1.40 bits per heavy atom. The second-order valence-electron chi connectivity index (χ2n) is 0.0816. The van der Waals surface area contributed by atoms with Crippen molar-refractivity contribution in [1.29, 1.82) is 0 Å². The summed E-state index contributed by atoms with van der Waals surface area (Å²) in [7, 11) is 0. The maximum absolute atomic E-state index is 8.11. The van der Waals surface area contributed by atoms with E-state index in [1.165, 1.54) is 5.34 Å². The first-order valence-electron chi connectivity index (χ1n) is 0.383. The van der Waals surface area contributed by atoms with E-state index in [9.17, 15) is 0 Å². The van der Waals surface area contributed by atoms with E-state index in [2.05, 4.69) is 0 Å². The molecule has 22 valence electrons. The van der Waals surface area contributed by atoms with E-state index < -0.39 is 0 Å². The first-order valence-corrected chi connectivity index (χ1v) is 0.383. The summed E-state index contributed by atoms with van der Waals surface area (Å²) < 4.78 is 0. The van der Waals surface area contributed by atoms with E-state index in [0.29, 0.717) is 0 Å². The monoisotopic (exact) mass is 63.0 g/mol. The molecule has 0 aliphatic rings. The van der Waals surface area contributed by atoms with Crippen LogP contribution >= 0.6 is 0 Å². The molecule has 0 aliphatic carbocycles. The van der Waals surface area contributed by atoms with Crippen LogP contribution in [0.4, 0.5) is 0 Å². The molecule has 0 amide bonds. The summed E-state index contributed by atoms with van der Waals surface area (Å²) in [6.45, 7) is 0. The predicted molar refractivity (Wildman–Crippen MR) is 21.9 cm³/mol. The fourth-order valence-electron chi connectivity index (χ4n) is 0. The summed E-state index contributed by atoms with van der Waals surface area (Å²) in [6.07, 6.45) is 0. The van der Waals surface area contributed by atoms with Crippen molar-refractivity contribution in [1.82, 2.24) is 0 Å². The van der Waals surface area contributed by atoms with E-state index in [1.807, 2.05) is 0 Å². The van der Waals surface area contributed by atoms with Gasteiger partial charge in [0.1, 0.15) is 0 Å². The van der Waals surface area contributed by atoms with Crippen molar-refractivity contribution in [2.24, 2.45) is 5.34 Å². The molecule has 3 nitrogen and oxygen atoms in total. The molecule has 0 bridgehead atoms. The molecular formula is H3Li2NO2. The van der Waals surface area contributed by atoms with E-state index >= 15 is 0 Å². The number of hydrogen-bond acceptors (Lipinski definition) is 2. The third kappa shape index (κ3) is 87.4. The number of nitrogens with zero attached hydrogens (tertiary/aromatic N) is 1. The Kier molecular flexibility index (Phi) is 81.9. The second-order valence-corrected chi connectivity index (χ2v) is 0.0816. The first-order chi connectivity index (χ1) is 1.41. The van der Waals surface area contributed by atoms with Crippen LogP contribution in [0.1, 0.15) is 0 Å². The molecule has 0 radical (unpaired) electrons. The molecule has 0 rings (SSSR count). The molecule has 0 aliphatic heterocycles. The summed E-state index contributed by atoms with van der Waals surface area (Å²) in [5, 5.41) is 7.89. The second kappa shape index (κ2) is 23.3. The van der Waals surface area contributed by atoms with E-state index in [4.69, 9.17) is 10.1 Å². The van der Waals surface area contributed by atoms with E-state index in [-0.39, 0.29) is 37.7 Å². The van der Waals surface area contributed by atoms with Gasteiger partial charge in [-0.05, 0) is 0 Å². The summed E-state index contributed by atoms with van der Waals surface area (Å²) in [5.41, 5.74) is 0. The quantitative estimate of drug-likeness (QED) is 0.219. The van der Waals surface area contributed by atoms with Crippen molar-refractivity contribution in [3.8, 4) is 0 Å². The topological polar surface area (TPSA) is 49.7 Å². The SMILES string of the molecule is O=NO.[LiH].[LiH]. The van der Waals surface area contributed by atoms with Crippen LogP contribution < -0.4 is 0 Å². The van der Waals surface area contributed by atoms with Gasteiger partial charge in [0.05, 0.1) is 0 Å². The number of hydrogen-bond donors (Lipinski definition) is 1.